The molecule has 4 heteroatoms. The van der Waals surface area contributed by atoms with Crippen molar-refractivity contribution in [1.82, 2.24) is 14.9 Å². The van der Waals surface area contributed by atoms with Gasteiger partial charge < -0.3 is 14.6 Å². The minimum Gasteiger partial charge on any atom is -0.497 e. The van der Waals surface area contributed by atoms with E-state index in [4.69, 9.17) is 9.72 Å². The molecule has 0 radical (unpaired) electrons. The van der Waals surface area contributed by atoms with Crippen molar-refractivity contribution in [3.63, 3.8) is 0 Å². The highest BCUT2D eigenvalue weighted by Gasteiger charge is 2.25. The van der Waals surface area contributed by atoms with E-state index >= 15 is 0 Å². The maximum absolute atomic E-state index is 5.29. The average Bonchev–Trinajstić information content (AvgIpc) is 2.83. The quantitative estimate of drug-likeness (QED) is 0.934. The van der Waals surface area contributed by atoms with Gasteiger partial charge in [-0.05, 0) is 37.4 Å². The molecule has 20 heavy (non-hydrogen) atoms. The lowest BCUT2D eigenvalue weighted by molar-refractivity contribution is 0.288. The van der Waals surface area contributed by atoms with E-state index in [9.17, 15) is 0 Å². The van der Waals surface area contributed by atoms with Crippen LogP contribution < -0.4 is 10.1 Å². The summed E-state index contributed by atoms with van der Waals surface area (Å²) in [5.74, 6) is 2.83. The summed E-state index contributed by atoms with van der Waals surface area (Å²) in [5.41, 5.74) is 2.18. The number of methoxy groups -OCH3 is 1. The summed E-state index contributed by atoms with van der Waals surface area (Å²) in [7, 11) is 3.80. The largest absolute Gasteiger partial charge is 0.497 e. The zero-order chi connectivity index (χ0) is 14.1. The fourth-order valence-electron chi connectivity index (χ4n) is 3.20. The van der Waals surface area contributed by atoms with Crippen LogP contribution in [-0.4, -0.2) is 23.2 Å². The maximum atomic E-state index is 5.29. The highest BCUT2D eigenvalue weighted by molar-refractivity contribution is 5.77. The molecule has 0 aliphatic carbocycles. The van der Waals surface area contributed by atoms with Crippen LogP contribution in [0.15, 0.2) is 18.2 Å². The van der Waals surface area contributed by atoms with Gasteiger partial charge in [0.1, 0.15) is 11.6 Å². The smallest absolute Gasteiger partial charge is 0.126 e. The highest BCUT2D eigenvalue weighted by atomic mass is 16.5. The Hall–Kier alpha value is -1.55. The van der Waals surface area contributed by atoms with Gasteiger partial charge in [0.2, 0.25) is 0 Å². The molecule has 0 saturated carbocycles. The monoisotopic (exact) mass is 273 g/mol. The molecule has 0 bridgehead atoms. The lowest BCUT2D eigenvalue weighted by Gasteiger charge is -2.29. The van der Waals surface area contributed by atoms with Crippen molar-refractivity contribution in [2.24, 2.45) is 13.0 Å². The third-order valence-corrected chi connectivity index (χ3v) is 4.52. The molecule has 2 aromatic rings. The SMILES string of the molecule is CCC1CCNC(c2nc3cc(OC)ccc3n2C)C1. The normalized spacial score (nSPS) is 23.1. The molecule has 1 fully saturated rings. The van der Waals surface area contributed by atoms with Gasteiger partial charge in [-0.1, -0.05) is 13.3 Å². The summed E-state index contributed by atoms with van der Waals surface area (Å²) in [6, 6.07) is 6.47. The first-order chi connectivity index (χ1) is 9.72. The van der Waals surface area contributed by atoms with Gasteiger partial charge in [0.15, 0.2) is 0 Å². The number of rotatable bonds is 3. The fraction of sp³-hybridized carbons (Fsp3) is 0.562. The number of aryl methyl sites for hydroxylation is 1. The van der Waals surface area contributed by atoms with Crippen LogP contribution in [-0.2, 0) is 7.05 Å². The van der Waals surface area contributed by atoms with E-state index in [0.717, 1.165) is 29.6 Å². The van der Waals surface area contributed by atoms with Gasteiger partial charge in [0.05, 0.1) is 24.2 Å². The van der Waals surface area contributed by atoms with Crippen LogP contribution in [0.5, 0.6) is 5.75 Å². The van der Waals surface area contributed by atoms with Crippen LogP contribution in [0.2, 0.25) is 0 Å². The molecule has 1 aliphatic rings. The van der Waals surface area contributed by atoms with Crippen molar-refractivity contribution in [2.75, 3.05) is 13.7 Å². The van der Waals surface area contributed by atoms with Crippen LogP contribution in [0.4, 0.5) is 0 Å². The van der Waals surface area contributed by atoms with Crippen LogP contribution in [0, 0.1) is 5.92 Å². The molecule has 1 aromatic heterocycles. The number of piperidine rings is 1. The highest BCUT2D eigenvalue weighted by Crippen LogP contribution is 2.31. The van der Waals surface area contributed by atoms with Gasteiger partial charge in [0.25, 0.3) is 0 Å². The number of nitrogens with zero attached hydrogens (tertiary/aromatic N) is 2. The molecule has 2 atom stereocenters. The predicted octanol–water partition coefficient (Wildman–Crippen LogP) is 3.03. The minimum absolute atomic E-state index is 0.372. The van der Waals surface area contributed by atoms with E-state index in [1.807, 2.05) is 12.1 Å². The summed E-state index contributed by atoms with van der Waals surface area (Å²) in [6.07, 6.45) is 3.73. The first kappa shape index (κ1) is 13.4. The number of benzene rings is 1. The Morgan fingerprint density at radius 3 is 3.05 bits per heavy atom. The van der Waals surface area contributed by atoms with Crippen molar-refractivity contribution >= 4 is 11.0 Å². The molecule has 108 valence electrons. The second kappa shape index (κ2) is 5.44. The van der Waals surface area contributed by atoms with Gasteiger partial charge in [-0.15, -0.1) is 0 Å². The van der Waals surface area contributed by atoms with Gasteiger partial charge in [0, 0.05) is 13.1 Å². The molecule has 1 N–H and O–H groups in total. The zero-order valence-corrected chi connectivity index (χ0v) is 12.5. The Balaban J connectivity index is 1.96. The molecule has 4 nitrogen and oxygen atoms in total. The summed E-state index contributed by atoms with van der Waals surface area (Å²) in [5, 5.41) is 3.62. The van der Waals surface area contributed by atoms with E-state index in [2.05, 4.69) is 29.9 Å². The number of imidazole rings is 1. The van der Waals surface area contributed by atoms with Gasteiger partial charge in [-0.3, -0.25) is 0 Å². The summed E-state index contributed by atoms with van der Waals surface area (Å²) in [4.78, 5) is 4.83. The van der Waals surface area contributed by atoms with E-state index < -0.39 is 0 Å². The molecular formula is C16H23N3O. The number of aromatic nitrogens is 2. The Morgan fingerprint density at radius 1 is 1.45 bits per heavy atom. The standard InChI is InChI=1S/C16H23N3O/c1-4-11-7-8-17-14(9-11)16-18-13-10-12(20-3)5-6-15(13)19(16)2/h5-6,10-11,14,17H,4,7-9H2,1-3H3. The number of hydrogen-bond acceptors (Lipinski definition) is 3. The Bertz CT molecular complexity index is 605. The number of hydrogen-bond donors (Lipinski definition) is 1. The number of fused-ring (bicyclic) bond motifs is 1. The van der Waals surface area contributed by atoms with E-state index in [1.165, 1.54) is 24.8 Å². The third kappa shape index (κ3) is 2.29. The van der Waals surface area contributed by atoms with Crippen LogP contribution >= 0.6 is 0 Å². The molecule has 0 amide bonds. The molecular weight excluding hydrogens is 250 g/mol. The molecule has 1 aliphatic heterocycles. The lowest BCUT2D eigenvalue weighted by atomic mass is 9.90. The molecule has 2 unspecified atom stereocenters. The van der Waals surface area contributed by atoms with Gasteiger partial charge in [-0.25, -0.2) is 4.98 Å². The number of ether oxygens (including phenoxy) is 1. The van der Waals surface area contributed by atoms with Crippen LogP contribution in [0.3, 0.4) is 0 Å². The molecule has 1 saturated heterocycles. The average molecular weight is 273 g/mol. The Morgan fingerprint density at radius 2 is 2.30 bits per heavy atom. The second-order valence-corrected chi connectivity index (χ2v) is 5.69. The molecule has 0 spiro atoms. The summed E-state index contributed by atoms with van der Waals surface area (Å²) < 4.78 is 7.50. The van der Waals surface area contributed by atoms with Crippen LogP contribution in [0.25, 0.3) is 11.0 Å². The topological polar surface area (TPSA) is 39.1 Å². The van der Waals surface area contributed by atoms with Gasteiger partial charge in [-0.2, -0.15) is 0 Å². The van der Waals surface area contributed by atoms with E-state index in [0.29, 0.717) is 6.04 Å². The molecule has 3 rings (SSSR count). The van der Waals surface area contributed by atoms with Crippen molar-refractivity contribution in [1.29, 1.82) is 0 Å². The van der Waals surface area contributed by atoms with Crippen LogP contribution in [0.1, 0.15) is 38.1 Å². The number of nitrogens with one attached hydrogen (secondary N) is 1. The second-order valence-electron chi connectivity index (χ2n) is 5.69. The minimum atomic E-state index is 0.372. The summed E-state index contributed by atoms with van der Waals surface area (Å²) >= 11 is 0. The summed E-state index contributed by atoms with van der Waals surface area (Å²) in [6.45, 7) is 3.38. The zero-order valence-electron chi connectivity index (χ0n) is 12.5. The lowest BCUT2D eigenvalue weighted by Crippen LogP contribution is -2.33. The predicted molar refractivity (Wildman–Crippen MR) is 81.0 cm³/mol. The first-order valence-corrected chi connectivity index (χ1v) is 7.46. The van der Waals surface area contributed by atoms with Gasteiger partial charge >= 0.3 is 0 Å². The van der Waals surface area contributed by atoms with E-state index in [1.54, 1.807) is 7.11 Å². The van der Waals surface area contributed by atoms with E-state index in [-0.39, 0.29) is 0 Å². The molecule has 1 aromatic carbocycles. The van der Waals surface area contributed by atoms with Crippen molar-refractivity contribution in [3.05, 3.63) is 24.0 Å². The van der Waals surface area contributed by atoms with Crippen molar-refractivity contribution in [3.8, 4) is 5.75 Å². The third-order valence-electron chi connectivity index (χ3n) is 4.52. The first-order valence-electron chi connectivity index (χ1n) is 7.46. The molecule has 2 heterocycles. The van der Waals surface area contributed by atoms with Crippen molar-refractivity contribution in [2.45, 2.75) is 32.2 Å². The fourth-order valence-corrected chi connectivity index (χ4v) is 3.20. The van der Waals surface area contributed by atoms with Crippen molar-refractivity contribution < 1.29 is 4.74 Å². The Labute approximate surface area is 120 Å². The Kier molecular flexibility index (Phi) is 3.66. The maximum Gasteiger partial charge on any atom is 0.126 e.